The van der Waals surface area contributed by atoms with E-state index >= 15 is 0 Å². The van der Waals surface area contributed by atoms with E-state index in [1.54, 1.807) is 0 Å². The molecule has 2 fully saturated rings. The Morgan fingerprint density at radius 3 is 1.41 bits per heavy atom. The van der Waals surface area contributed by atoms with E-state index < -0.39 is 99.3 Å². The zero-order chi connectivity index (χ0) is 51.0. The Hall–Kier alpha value is -2.80. The summed E-state index contributed by atoms with van der Waals surface area (Å²) >= 11 is 0. The normalized spacial score (nSPS) is 25.8. The summed E-state index contributed by atoms with van der Waals surface area (Å²) in [5.74, 6) is -1.00. The van der Waals surface area contributed by atoms with Crippen molar-refractivity contribution in [1.29, 1.82) is 0 Å². The maximum atomic E-state index is 13.0. The number of rotatable bonds is 41. The van der Waals surface area contributed by atoms with Crippen LogP contribution < -0.4 is 0 Å². The van der Waals surface area contributed by atoms with Crippen LogP contribution in [0.3, 0.4) is 0 Å². The van der Waals surface area contributed by atoms with Gasteiger partial charge in [-0.3, -0.25) is 9.59 Å². The van der Waals surface area contributed by atoms with Gasteiger partial charge in [-0.1, -0.05) is 152 Å². The molecule has 70 heavy (non-hydrogen) atoms. The summed E-state index contributed by atoms with van der Waals surface area (Å²) in [6, 6.07) is 0. The van der Waals surface area contributed by atoms with E-state index in [4.69, 9.17) is 28.4 Å². The van der Waals surface area contributed by atoms with Crippen molar-refractivity contribution in [1.82, 2.24) is 0 Å². The number of carbonyl (C=O) groups excluding carboxylic acids is 2. The second kappa shape index (κ2) is 41.6. The number of allylic oxidation sites excluding steroid dienone is 10. The number of esters is 2. The first-order chi connectivity index (χ1) is 34.0. The molecule has 404 valence electrons. The molecule has 2 aliphatic heterocycles. The van der Waals surface area contributed by atoms with Crippen LogP contribution in [0.4, 0.5) is 0 Å². The van der Waals surface area contributed by atoms with E-state index in [0.717, 1.165) is 64.2 Å². The molecule has 2 rings (SSSR count). The highest BCUT2D eigenvalue weighted by Crippen LogP contribution is 2.26. The first kappa shape index (κ1) is 63.3. The molecule has 2 saturated heterocycles. The van der Waals surface area contributed by atoms with Crippen LogP contribution in [0.15, 0.2) is 60.8 Å². The van der Waals surface area contributed by atoms with E-state index in [9.17, 15) is 45.3 Å². The van der Waals surface area contributed by atoms with Crippen LogP contribution in [0.5, 0.6) is 0 Å². The number of ether oxygens (including phenoxy) is 6. The Kier molecular flexibility index (Phi) is 37.7. The fraction of sp³-hybridized carbons (Fsp3) is 0.782. The lowest BCUT2D eigenvalue weighted by atomic mass is 9.98. The van der Waals surface area contributed by atoms with Crippen LogP contribution in [0.1, 0.15) is 181 Å². The third kappa shape index (κ3) is 29.0. The van der Waals surface area contributed by atoms with Gasteiger partial charge in [0.25, 0.3) is 0 Å². The maximum absolute atomic E-state index is 13.0. The molecule has 0 aliphatic carbocycles. The minimum Gasteiger partial charge on any atom is -0.462 e. The minimum atomic E-state index is -1.78. The van der Waals surface area contributed by atoms with Crippen molar-refractivity contribution >= 4 is 11.9 Å². The molecule has 15 nitrogen and oxygen atoms in total. The van der Waals surface area contributed by atoms with E-state index in [0.29, 0.717) is 19.3 Å². The molecule has 7 N–H and O–H groups in total. The lowest BCUT2D eigenvalue weighted by Crippen LogP contribution is -2.61. The summed E-state index contributed by atoms with van der Waals surface area (Å²) in [4.78, 5) is 25.8. The monoisotopic (exact) mass is 995 g/mol. The van der Waals surface area contributed by atoms with E-state index in [1.165, 1.54) is 70.6 Å². The first-order valence-electron chi connectivity index (χ1n) is 26.9. The number of hydrogen-bond donors (Lipinski definition) is 7. The van der Waals surface area contributed by atoms with Gasteiger partial charge in [-0.05, 0) is 77.0 Å². The maximum Gasteiger partial charge on any atom is 0.306 e. The van der Waals surface area contributed by atoms with Crippen molar-refractivity contribution < 1.29 is 73.8 Å². The highest BCUT2D eigenvalue weighted by molar-refractivity contribution is 5.70. The second-order valence-electron chi connectivity index (χ2n) is 18.7. The van der Waals surface area contributed by atoms with Crippen molar-refractivity contribution in [2.75, 3.05) is 26.4 Å². The Morgan fingerprint density at radius 2 is 0.871 bits per heavy atom. The highest BCUT2D eigenvalue weighted by atomic mass is 16.7. The lowest BCUT2D eigenvalue weighted by molar-refractivity contribution is -0.332. The second-order valence-corrected chi connectivity index (χ2v) is 18.7. The molecule has 0 amide bonds. The smallest absolute Gasteiger partial charge is 0.306 e. The summed E-state index contributed by atoms with van der Waals surface area (Å²) in [5, 5.41) is 72.1. The van der Waals surface area contributed by atoms with Crippen molar-refractivity contribution in [3.8, 4) is 0 Å². The molecule has 2 heterocycles. The summed E-state index contributed by atoms with van der Waals surface area (Å²) < 4.78 is 33.5. The lowest BCUT2D eigenvalue weighted by Gasteiger charge is -2.42. The summed E-state index contributed by atoms with van der Waals surface area (Å²) in [7, 11) is 0. The van der Waals surface area contributed by atoms with Gasteiger partial charge in [-0.2, -0.15) is 0 Å². The third-order valence-corrected chi connectivity index (χ3v) is 12.5. The van der Waals surface area contributed by atoms with Gasteiger partial charge in [0, 0.05) is 12.8 Å². The van der Waals surface area contributed by atoms with Gasteiger partial charge in [0.1, 0.15) is 55.4 Å². The molecule has 4 unspecified atom stereocenters. The molecule has 0 aromatic rings. The average Bonchev–Trinajstić information content (AvgIpc) is 3.35. The van der Waals surface area contributed by atoms with Crippen molar-refractivity contribution in [3.63, 3.8) is 0 Å². The van der Waals surface area contributed by atoms with Crippen LogP contribution in [0, 0.1) is 0 Å². The number of hydrogen-bond acceptors (Lipinski definition) is 15. The Balaban J connectivity index is 1.81. The molecule has 2 aliphatic rings. The number of carbonyl (C=O) groups is 2. The molecule has 0 aromatic carbocycles. The van der Waals surface area contributed by atoms with Crippen LogP contribution in [0.2, 0.25) is 0 Å². The Morgan fingerprint density at radius 1 is 0.457 bits per heavy atom. The molecule has 15 heteroatoms. The van der Waals surface area contributed by atoms with E-state index in [1.807, 2.05) is 6.08 Å². The quantitative estimate of drug-likeness (QED) is 0.0175. The molecular formula is C55H94O15. The molecular weight excluding hydrogens is 901 g/mol. The number of aliphatic hydroxyl groups is 7. The van der Waals surface area contributed by atoms with Gasteiger partial charge >= 0.3 is 11.9 Å². The standard InChI is InChI=1S/C55H94O15/c1-3-5-7-9-11-13-15-17-18-19-20-21-22-23-24-26-27-29-31-33-35-37-46(57)65-40-43(68-47(58)38-36-34-32-30-28-25-16-14-12-10-8-6-4-2)41-66-54-53(64)51(62)49(60)45(70-54)42-67-55-52(63)50(61)48(59)44(39-56)69-55/h14,16,18-19,21-22,24,26,29,31,43-45,48-56,59-64H,3-13,15,17,20,23,25,27-28,30,32-42H2,1-2H3/b16-14+,19-18+,22-21+,26-24+,31-29+/t43-,44+,45+,48-,49-,50?,51?,52?,53?,54+,55+/m0/s1. The molecule has 0 spiro atoms. The predicted molar refractivity (Wildman–Crippen MR) is 270 cm³/mol. The number of aliphatic hydroxyl groups excluding tert-OH is 7. The summed E-state index contributed by atoms with van der Waals surface area (Å²) in [5.41, 5.74) is 0. The van der Waals surface area contributed by atoms with Crippen molar-refractivity contribution in [3.05, 3.63) is 60.8 Å². The summed E-state index contributed by atoms with van der Waals surface area (Å²) in [6.07, 6.45) is 31.2. The Bertz CT molecular complexity index is 1450. The van der Waals surface area contributed by atoms with Gasteiger partial charge in [0.15, 0.2) is 18.7 Å². The predicted octanol–water partition coefficient (Wildman–Crippen LogP) is 8.05. The van der Waals surface area contributed by atoms with Gasteiger partial charge in [0.2, 0.25) is 0 Å². The number of unbranched alkanes of at least 4 members (excludes halogenated alkanes) is 17. The molecule has 0 aromatic heterocycles. The van der Waals surface area contributed by atoms with Crippen molar-refractivity contribution in [2.45, 2.75) is 248 Å². The Labute approximate surface area is 420 Å². The zero-order valence-corrected chi connectivity index (χ0v) is 42.7. The molecule has 0 saturated carbocycles. The van der Waals surface area contributed by atoms with Crippen molar-refractivity contribution in [2.24, 2.45) is 0 Å². The SMILES string of the molecule is CCCCCC/C=C/CCCCCCCC(=O)O[C@@H](COC(=O)CCC/C=C/C/C=C/C/C=C/C/C=C/CCCCCCCCC)CO[C@@H]1O[C@H](CO[C@@H]2O[C@H](CO)[C@H](O)C(O)C2O)[C@H](O)C(O)C1O. The van der Waals surface area contributed by atoms with Gasteiger partial charge < -0.3 is 64.2 Å². The highest BCUT2D eigenvalue weighted by Gasteiger charge is 2.47. The average molecular weight is 995 g/mol. The third-order valence-electron chi connectivity index (χ3n) is 12.5. The molecule has 0 radical (unpaired) electrons. The fourth-order valence-electron chi connectivity index (χ4n) is 8.03. The van der Waals surface area contributed by atoms with Crippen LogP contribution in [-0.2, 0) is 38.0 Å². The van der Waals surface area contributed by atoms with Gasteiger partial charge in [0.05, 0.1) is 19.8 Å². The fourth-order valence-corrected chi connectivity index (χ4v) is 8.03. The van der Waals surface area contributed by atoms with E-state index in [-0.39, 0.29) is 19.4 Å². The summed E-state index contributed by atoms with van der Waals surface area (Å²) in [6.45, 7) is 2.50. The largest absolute Gasteiger partial charge is 0.462 e. The zero-order valence-electron chi connectivity index (χ0n) is 42.7. The molecule has 11 atom stereocenters. The van der Waals surface area contributed by atoms with Crippen LogP contribution in [0.25, 0.3) is 0 Å². The topological polar surface area (TPSA) is 231 Å². The van der Waals surface area contributed by atoms with Crippen LogP contribution >= 0.6 is 0 Å². The van der Waals surface area contributed by atoms with E-state index in [2.05, 4.69) is 68.5 Å². The van der Waals surface area contributed by atoms with Crippen LogP contribution in [-0.4, -0.2) is 142 Å². The molecule has 0 bridgehead atoms. The van der Waals surface area contributed by atoms with Gasteiger partial charge in [-0.15, -0.1) is 0 Å². The first-order valence-corrected chi connectivity index (χ1v) is 26.9. The minimum absolute atomic E-state index is 0.138. The van der Waals surface area contributed by atoms with Gasteiger partial charge in [-0.25, -0.2) is 0 Å².